The number of aromatic nitrogens is 2. The average molecular weight is 294 g/mol. The molecular formula is C14H13Cl2N3. The lowest BCUT2D eigenvalue weighted by molar-refractivity contribution is 0.666. The van der Waals surface area contributed by atoms with Crippen LogP contribution in [0.2, 0.25) is 10.0 Å². The predicted octanol–water partition coefficient (Wildman–Crippen LogP) is 3.91. The molecule has 0 amide bonds. The second kappa shape index (κ2) is 4.99. The molecule has 3 rings (SSSR count). The summed E-state index contributed by atoms with van der Waals surface area (Å²) in [5.74, 6) is 1.13. The first-order valence-corrected chi connectivity index (χ1v) is 7.02. The van der Waals surface area contributed by atoms with Crippen LogP contribution in [0.25, 0.3) is 11.4 Å². The fourth-order valence-corrected chi connectivity index (χ4v) is 2.81. The molecule has 1 aromatic carbocycles. The molecule has 0 bridgehead atoms. The Morgan fingerprint density at radius 2 is 1.84 bits per heavy atom. The molecule has 2 aromatic rings. The lowest BCUT2D eigenvalue weighted by Crippen LogP contribution is -2.11. The lowest BCUT2D eigenvalue weighted by atomic mass is 9.96. The maximum atomic E-state index is 6.21. The molecule has 0 radical (unpaired) electrons. The van der Waals surface area contributed by atoms with E-state index < -0.39 is 0 Å². The Hall–Kier alpha value is -1.32. The van der Waals surface area contributed by atoms with Gasteiger partial charge in [-0.1, -0.05) is 29.3 Å². The van der Waals surface area contributed by atoms with Crippen molar-refractivity contribution in [2.24, 2.45) is 0 Å². The molecule has 0 fully saturated rings. The molecular weight excluding hydrogens is 281 g/mol. The summed E-state index contributed by atoms with van der Waals surface area (Å²) < 4.78 is 0. The molecule has 2 N–H and O–H groups in total. The van der Waals surface area contributed by atoms with Gasteiger partial charge in [-0.2, -0.15) is 0 Å². The Morgan fingerprint density at radius 1 is 1.05 bits per heavy atom. The number of nitrogens with two attached hydrogens (primary N) is 1. The van der Waals surface area contributed by atoms with E-state index in [1.807, 2.05) is 12.1 Å². The van der Waals surface area contributed by atoms with Gasteiger partial charge in [-0.05, 0) is 37.8 Å². The maximum absolute atomic E-state index is 6.21. The maximum Gasteiger partial charge on any atom is 0.163 e. The fourth-order valence-electron chi connectivity index (χ4n) is 2.42. The zero-order valence-electron chi connectivity index (χ0n) is 10.3. The van der Waals surface area contributed by atoms with Crippen molar-refractivity contribution >= 4 is 29.0 Å². The summed E-state index contributed by atoms with van der Waals surface area (Å²) in [7, 11) is 0. The van der Waals surface area contributed by atoms with Crippen molar-refractivity contribution in [3.05, 3.63) is 39.5 Å². The highest BCUT2D eigenvalue weighted by Gasteiger charge is 2.18. The zero-order chi connectivity index (χ0) is 13.4. The molecule has 0 unspecified atom stereocenters. The van der Waals surface area contributed by atoms with Crippen LogP contribution < -0.4 is 5.73 Å². The molecule has 98 valence electrons. The molecule has 19 heavy (non-hydrogen) atoms. The zero-order valence-corrected chi connectivity index (χ0v) is 11.8. The molecule has 0 saturated heterocycles. The minimum atomic E-state index is 0.472. The molecule has 1 aliphatic rings. The number of aryl methyl sites for hydroxylation is 1. The van der Waals surface area contributed by atoms with Gasteiger partial charge in [0.05, 0.1) is 10.0 Å². The van der Waals surface area contributed by atoms with E-state index in [9.17, 15) is 0 Å². The van der Waals surface area contributed by atoms with Crippen molar-refractivity contribution in [2.45, 2.75) is 25.7 Å². The van der Waals surface area contributed by atoms with Crippen LogP contribution in [0.1, 0.15) is 24.1 Å². The molecule has 0 saturated carbocycles. The summed E-state index contributed by atoms with van der Waals surface area (Å²) in [5, 5.41) is 0.971. The third-order valence-corrected chi connectivity index (χ3v) is 4.23. The third-order valence-electron chi connectivity index (χ3n) is 3.41. The summed E-state index contributed by atoms with van der Waals surface area (Å²) in [6, 6.07) is 5.44. The highest BCUT2D eigenvalue weighted by Crippen LogP contribution is 2.33. The number of rotatable bonds is 1. The minimum absolute atomic E-state index is 0.472. The standard InChI is InChI=1S/C14H13Cl2N3/c15-10-6-3-5-9(12(10)16)14-18-11-7-2-1-4-8(11)13(17)19-14/h3,5-6H,1-2,4,7H2,(H2,17,18,19). The van der Waals surface area contributed by atoms with Crippen molar-refractivity contribution < 1.29 is 0 Å². The van der Waals surface area contributed by atoms with E-state index in [0.29, 0.717) is 21.7 Å². The van der Waals surface area contributed by atoms with Gasteiger partial charge < -0.3 is 5.73 Å². The van der Waals surface area contributed by atoms with Gasteiger partial charge in [0.15, 0.2) is 5.82 Å². The van der Waals surface area contributed by atoms with E-state index in [-0.39, 0.29) is 0 Å². The van der Waals surface area contributed by atoms with Crippen molar-refractivity contribution in [1.82, 2.24) is 9.97 Å². The Bertz CT molecular complexity index is 641. The molecule has 1 heterocycles. The summed E-state index contributed by atoms with van der Waals surface area (Å²) in [5.41, 5.74) is 8.91. The van der Waals surface area contributed by atoms with Crippen LogP contribution in [-0.4, -0.2) is 9.97 Å². The van der Waals surface area contributed by atoms with Crippen molar-refractivity contribution in [2.75, 3.05) is 5.73 Å². The quantitative estimate of drug-likeness (QED) is 0.867. The van der Waals surface area contributed by atoms with Crippen molar-refractivity contribution in [3.63, 3.8) is 0 Å². The van der Waals surface area contributed by atoms with Gasteiger partial charge in [-0.25, -0.2) is 9.97 Å². The van der Waals surface area contributed by atoms with E-state index in [4.69, 9.17) is 28.9 Å². The Labute approximate surface area is 121 Å². The number of halogens is 2. The Kier molecular flexibility index (Phi) is 3.33. The van der Waals surface area contributed by atoms with Gasteiger partial charge in [0.2, 0.25) is 0 Å². The second-order valence-electron chi connectivity index (χ2n) is 4.67. The smallest absolute Gasteiger partial charge is 0.163 e. The van der Waals surface area contributed by atoms with Gasteiger partial charge in [0.25, 0.3) is 0 Å². The van der Waals surface area contributed by atoms with E-state index >= 15 is 0 Å². The number of anilines is 1. The highest BCUT2D eigenvalue weighted by atomic mass is 35.5. The molecule has 1 aliphatic carbocycles. The second-order valence-corrected chi connectivity index (χ2v) is 5.45. The highest BCUT2D eigenvalue weighted by molar-refractivity contribution is 6.43. The van der Waals surface area contributed by atoms with E-state index in [2.05, 4.69) is 9.97 Å². The average Bonchev–Trinajstić information content (AvgIpc) is 2.42. The minimum Gasteiger partial charge on any atom is -0.383 e. The molecule has 1 aromatic heterocycles. The largest absolute Gasteiger partial charge is 0.383 e. The summed E-state index contributed by atoms with van der Waals surface area (Å²) >= 11 is 12.2. The number of nitrogens with zero attached hydrogens (tertiary/aromatic N) is 2. The van der Waals surface area contributed by atoms with Gasteiger partial charge in [0, 0.05) is 16.8 Å². The van der Waals surface area contributed by atoms with Crippen LogP contribution in [0.3, 0.4) is 0 Å². The number of hydrogen-bond acceptors (Lipinski definition) is 3. The number of hydrogen-bond donors (Lipinski definition) is 1. The summed E-state index contributed by atoms with van der Waals surface area (Å²) in [6.45, 7) is 0. The molecule has 0 spiro atoms. The van der Waals surface area contributed by atoms with Crippen LogP contribution in [0, 0.1) is 0 Å². The molecule has 3 nitrogen and oxygen atoms in total. The van der Waals surface area contributed by atoms with Crippen molar-refractivity contribution in [3.8, 4) is 11.4 Å². The fraction of sp³-hybridized carbons (Fsp3) is 0.286. The summed E-state index contributed by atoms with van der Waals surface area (Å²) in [6.07, 6.45) is 4.21. The van der Waals surface area contributed by atoms with Crippen LogP contribution >= 0.6 is 23.2 Å². The van der Waals surface area contributed by atoms with Crippen LogP contribution in [0.4, 0.5) is 5.82 Å². The first-order chi connectivity index (χ1) is 9.16. The molecule has 0 atom stereocenters. The first kappa shape index (κ1) is 12.7. The van der Waals surface area contributed by atoms with Crippen molar-refractivity contribution in [1.29, 1.82) is 0 Å². The summed E-state index contributed by atoms with van der Waals surface area (Å²) in [4.78, 5) is 8.99. The van der Waals surface area contributed by atoms with Gasteiger partial charge >= 0.3 is 0 Å². The number of fused-ring (bicyclic) bond motifs is 1. The Balaban J connectivity index is 2.16. The van der Waals surface area contributed by atoms with Crippen LogP contribution in [0.5, 0.6) is 0 Å². The van der Waals surface area contributed by atoms with E-state index in [0.717, 1.165) is 42.5 Å². The van der Waals surface area contributed by atoms with Crippen LogP contribution in [-0.2, 0) is 12.8 Å². The monoisotopic (exact) mass is 293 g/mol. The Morgan fingerprint density at radius 3 is 2.68 bits per heavy atom. The molecule has 0 aliphatic heterocycles. The third kappa shape index (κ3) is 2.28. The number of nitrogen functional groups attached to an aromatic ring is 1. The predicted molar refractivity (Wildman–Crippen MR) is 78.5 cm³/mol. The van der Waals surface area contributed by atoms with Gasteiger partial charge in [0.1, 0.15) is 5.82 Å². The van der Waals surface area contributed by atoms with Gasteiger partial charge in [-0.3, -0.25) is 0 Å². The number of benzene rings is 1. The normalized spacial score (nSPS) is 14.2. The first-order valence-electron chi connectivity index (χ1n) is 6.26. The topological polar surface area (TPSA) is 51.8 Å². The lowest BCUT2D eigenvalue weighted by Gasteiger charge is -2.17. The van der Waals surface area contributed by atoms with E-state index in [1.165, 1.54) is 0 Å². The van der Waals surface area contributed by atoms with Crippen LogP contribution in [0.15, 0.2) is 18.2 Å². The molecule has 5 heteroatoms. The SMILES string of the molecule is Nc1nc(-c2cccc(Cl)c2Cl)nc2c1CCCC2. The van der Waals surface area contributed by atoms with E-state index in [1.54, 1.807) is 6.07 Å². The van der Waals surface area contributed by atoms with Gasteiger partial charge in [-0.15, -0.1) is 0 Å².